The van der Waals surface area contributed by atoms with Crippen molar-refractivity contribution in [3.05, 3.63) is 69.5 Å². The number of anilines is 1. The van der Waals surface area contributed by atoms with Gasteiger partial charge in [0.25, 0.3) is 5.69 Å². The van der Waals surface area contributed by atoms with E-state index in [1.54, 1.807) is 30.1 Å². The highest BCUT2D eigenvalue weighted by Crippen LogP contribution is 2.25. The Kier molecular flexibility index (Phi) is 4.14. The molecule has 0 spiro atoms. The lowest BCUT2D eigenvalue weighted by molar-refractivity contribution is -0.384. The van der Waals surface area contributed by atoms with Gasteiger partial charge in [0.2, 0.25) is 0 Å². The van der Waals surface area contributed by atoms with Crippen LogP contribution in [0.1, 0.15) is 11.1 Å². The third-order valence-electron chi connectivity index (χ3n) is 3.06. The number of non-ortho nitro benzene ring substituents is 1. The van der Waals surface area contributed by atoms with Gasteiger partial charge in [0.15, 0.2) is 0 Å². The van der Waals surface area contributed by atoms with Gasteiger partial charge in [-0.25, -0.2) is 4.39 Å². The molecule has 0 aromatic heterocycles. The summed E-state index contributed by atoms with van der Waals surface area (Å²) in [5, 5.41) is 19.8. The predicted molar refractivity (Wildman–Crippen MR) is 76.3 cm³/mol. The highest BCUT2D eigenvalue weighted by molar-refractivity contribution is 5.62. The van der Waals surface area contributed by atoms with Gasteiger partial charge in [-0.3, -0.25) is 10.1 Å². The van der Waals surface area contributed by atoms with Crippen molar-refractivity contribution in [1.82, 2.24) is 0 Å². The maximum atomic E-state index is 12.9. The van der Waals surface area contributed by atoms with Crippen molar-refractivity contribution in [1.29, 1.82) is 5.26 Å². The Labute approximate surface area is 121 Å². The largest absolute Gasteiger partial charge is 0.369 e. The summed E-state index contributed by atoms with van der Waals surface area (Å²) in [4.78, 5) is 12.0. The van der Waals surface area contributed by atoms with E-state index in [0.29, 0.717) is 12.2 Å². The van der Waals surface area contributed by atoms with Gasteiger partial charge < -0.3 is 4.90 Å². The number of nitriles is 1. The summed E-state index contributed by atoms with van der Waals surface area (Å²) < 4.78 is 12.9. The first kappa shape index (κ1) is 14.5. The SMILES string of the molecule is CN(Cc1ccc(F)cc1)c1ccc([N+](=O)[O-])cc1C#N. The van der Waals surface area contributed by atoms with Crippen LogP contribution in [0.5, 0.6) is 0 Å². The standard InChI is InChI=1S/C15H12FN3O2/c1-18(10-11-2-4-13(16)5-3-11)15-7-6-14(19(20)21)8-12(15)9-17/h2-8H,10H2,1H3. The van der Waals surface area contributed by atoms with Gasteiger partial charge in [-0.05, 0) is 23.8 Å². The van der Waals surface area contributed by atoms with Crippen LogP contribution in [0, 0.1) is 27.3 Å². The van der Waals surface area contributed by atoms with E-state index in [-0.39, 0.29) is 17.1 Å². The summed E-state index contributed by atoms with van der Waals surface area (Å²) >= 11 is 0. The van der Waals surface area contributed by atoms with Crippen LogP contribution < -0.4 is 4.90 Å². The molecule has 0 bridgehead atoms. The molecule has 0 fully saturated rings. The summed E-state index contributed by atoms with van der Waals surface area (Å²) in [5.41, 5.74) is 1.58. The lowest BCUT2D eigenvalue weighted by Crippen LogP contribution is -2.17. The van der Waals surface area contributed by atoms with Crippen molar-refractivity contribution in [2.24, 2.45) is 0 Å². The third-order valence-corrected chi connectivity index (χ3v) is 3.06. The lowest BCUT2D eigenvalue weighted by atomic mass is 10.1. The monoisotopic (exact) mass is 285 g/mol. The van der Waals surface area contributed by atoms with Gasteiger partial charge in [0.05, 0.1) is 16.2 Å². The van der Waals surface area contributed by atoms with E-state index < -0.39 is 4.92 Å². The number of nitro benzene ring substituents is 1. The fourth-order valence-corrected chi connectivity index (χ4v) is 2.01. The Bertz CT molecular complexity index is 708. The molecular weight excluding hydrogens is 273 g/mol. The zero-order valence-electron chi connectivity index (χ0n) is 11.3. The Balaban J connectivity index is 2.26. The Morgan fingerprint density at radius 1 is 1.29 bits per heavy atom. The van der Waals surface area contributed by atoms with Crippen molar-refractivity contribution < 1.29 is 9.31 Å². The molecule has 106 valence electrons. The number of nitrogens with zero attached hydrogens (tertiary/aromatic N) is 3. The molecule has 0 aliphatic rings. The fourth-order valence-electron chi connectivity index (χ4n) is 2.01. The molecule has 0 saturated heterocycles. The molecular formula is C15H12FN3O2. The van der Waals surface area contributed by atoms with Crippen LogP contribution in [0.4, 0.5) is 15.8 Å². The van der Waals surface area contributed by atoms with Crippen LogP contribution >= 0.6 is 0 Å². The number of nitro groups is 1. The van der Waals surface area contributed by atoms with E-state index in [1.807, 2.05) is 6.07 Å². The van der Waals surface area contributed by atoms with Crippen molar-refractivity contribution in [2.45, 2.75) is 6.54 Å². The summed E-state index contributed by atoms with van der Waals surface area (Å²) in [6, 6.07) is 12.2. The molecule has 0 heterocycles. The van der Waals surface area contributed by atoms with Gasteiger partial charge in [-0.1, -0.05) is 12.1 Å². The molecule has 0 saturated carbocycles. The number of hydrogen-bond donors (Lipinski definition) is 0. The van der Waals surface area contributed by atoms with Crippen LogP contribution in [-0.4, -0.2) is 12.0 Å². The zero-order valence-corrected chi connectivity index (χ0v) is 11.3. The van der Waals surface area contributed by atoms with Gasteiger partial charge >= 0.3 is 0 Å². The average Bonchev–Trinajstić information content (AvgIpc) is 2.48. The first-order chi connectivity index (χ1) is 10.0. The van der Waals surface area contributed by atoms with Gasteiger partial charge in [0.1, 0.15) is 11.9 Å². The molecule has 21 heavy (non-hydrogen) atoms. The minimum absolute atomic E-state index is 0.120. The van der Waals surface area contributed by atoms with E-state index >= 15 is 0 Å². The van der Waals surface area contributed by atoms with E-state index in [9.17, 15) is 14.5 Å². The summed E-state index contributed by atoms with van der Waals surface area (Å²) in [5.74, 6) is -0.311. The summed E-state index contributed by atoms with van der Waals surface area (Å²) in [6.45, 7) is 0.465. The topological polar surface area (TPSA) is 70.2 Å². The maximum absolute atomic E-state index is 12.9. The molecule has 0 radical (unpaired) electrons. The first-order valence-corrected chi connectivity index (χ1v) is 6.15. The second-order valence-electron chi connectivity index (χ2n) is 4.55. The van der Waals surface area contributed by atoms with Crippen molar-refractivity contribution in [3.63, 3.8) is 0 Å². The van der Waals surface area contributed by atoms with Crippen LogP contribution in [0.3, 0.4) is 0 Å². The first-order valence-electron chi connectivity index (χ1n) is 6.15. The van der Waals surface area contributed by atoms with Crippen LogP contribution in [0.15, 0.2) is 42.5 Å². The molecule has 0 aliphatic carbocycles. The van der Waals surface area contributed by atoms with Crippen molar-refractivity contribution in [3.8, 4) is 6.07 Å². The molecule has 0 N–H and O–H groups in total. The molecule has 0 aliphatic heterocycles. The van der Waals surface area contributed by atoms with E-state index in [4.69, 9.17) is 5.26 Å². The predicted octanol–water partition coefficient (Wildman–Crippen LogP) is 3.24. The van der Waals surface area contributed by atoms with E-state index in [2.05, 4.69) is 0 Å². The smallest absolute Gasteiger partial charge is 0.270 e. The average molecular weight is 285 g/mol. The molecule has 2 aromatic carbocycles. The second-order valence-corrected chi connectivity index (χ2v) is 4.55. The molecule has 0 unspecified atom stereocenters. The van der Waals surface area contributed by atoms with E-state index in [1.165, 1.54) is 24.3 Å². The summed E-state index contributed by atoms with van der Waals surface area (Å²) in [7, 11) is 1.77. The lowest BCUT2D eigenvalue weighted by Gasteiger charge is -2.20. The molecule has 0 atom stereocenters. The number of benzene rings is 2. The van der Waals surface area contributed by atoms with Gasteiger partial charge in [-0.15, -0.1) is 0 Å². The van der Waals surface area contributed by atoms with E-state index in [0.717, 1.165) is 5.56 Å². The number of rotatable bonds is 4. The Morgan fingerprint density at radius 2 is 1.95 bits per heavy atom. The molecule has 2 aromatic rings. The molecule has 0 amide bonds. The maximum Gasteiger partial charge on any atom is 0.270 e. The minimum atomic E-state index is -0.537. The molecule has 6 heteroatoms. The minimum Gasteiger partial charge on any atom is -0.369 e. The van der Waals surface area contributed by atoms with Crippen LogP contribution in [0.25, 0.3) is 0 Å². The van der Waals surface area contributed by atoms with Gasteiger partial charge in [0, 0.05) is 25.7 Å². The van der Waals surface area contributed by atoms with Gasteiger partial charge in [-0.2, -0.15) is 5.26 Å². The normalized spacial score (nSPS) is 9.95. The van der Waals surface area contributed by atoms with Crippen molar-refractivity contribution in [2.75, 3.05) is 11.9 Å². The third kappa shape index (κ3) is 3.34. The Morgan fingerprint density at radius 3 is 2.52 bits per heavy atom. The summed E-state index contributed by atoms with van der Waals surface area (Å²) in [6.07, 6.45) is 0. The zero-order chi connectivity index (χ0) is 15.4. The molecule has 5 nitrogen and oxygen atoms in total. The van der Waals surface area contributed by atoms with Crippen LogP contribution in [-0.2, 0) is 6.54 Å². The quantitative estimate of drug-likeness (QED) is 0.638. The van der Waals surface area contributed by atoms with Crippen LogP contribution in [0.2, 0.25) is 0 Å². The number of halogens is 1. The number of hydrogen-bond acceptors (Lipinski definition) is 4. The highest BCUT2D eigenvalue weighted by atomic mass is 19.1. The Hall–Kier alpha value is -2.94. The molecule has 2 rings (SSSR count). The van der Waals surface area contributed by atoms with Crippen molar-refractivity contribution >= 4 is 11.4 Å². The fraction of sp³-hybridized carbons (Fsp3) is 0.133. The second kappa shape index (κ2) is 6.01. The highest BCUT2D eigenvalue weighted by Gasteiger charge is 2.13.